The molecule has 0 bridgehead atoms. The van der Waals surface area contributed by atoms with Gasteiger partial charge < -0.3 is 10.4 Å². The minimum absolute atomic E-state index is 0.0749. The van der Waals surface area contributed by atoms with Gasteiger partial charge in [-0.15, -0.1) is 0 Å². The first-order valence-electron chi connectivity index (χ1n) is 6.03. The van der Waals surface area contributed by atoms with Crippen LogP contribution >= 0.6 is 0 Å². The Hall–Kier alpha value is -2.95. The van der Waals surface area contributed by atoms with E-state index in [2.05, 4.69) is 15.3 Å². The van der Waals surface area contributed by atoms with Crippen LogP contribution in [-0.2, 0) is 0 Å². The van der Waals surface area contributed by atoms with E-state index in [4.69, 9.17) is 5.11 Å². The Bertz CT molecular complexity index is 769. The second-order valence-electron chi connectivity index (χ2n) is 4.28. The summed E-state index contributed by atoms with van der Waals surface area (Å²) in [5.74, 6) is -0.583. The van der Waals surface area contributed by atoms with Gasteiger partial charge in [-0.25, -0.2) is 14.8 Å². The van der Waals surface area contributed by atoms with Gasteiger partial charge in [0.05, 0.1) is 12.4 Å². The van der Waals surface area contributed by atoms with Crippen LogP contribution in [0.1, 0.15) is 10.5 Å². The third-order valence-corrected chi connectivity index (χ3v) is 2.89. The van der Waals surface area contributed by atoms with Gasteiger partial charge in [0.1, 0.15) is 5.82 Å². The molecule has 0 saturated heterocycles. The monoisotopic (exact) mass is 265 g/mol. The molecule has 5 heteroatoms. The first-order chi connectivity index (χ1) is 9.72. The van der Waals surface area contributed by atoms with Gasteiger partial charge in [0.25, 0.3) is 0 Å². The van der Waals surface area contributed by atoms with Gasteiger partial charge >= 0.3 is 5.97 Å². The molecule has 2 aromatic carbocycles. The first kappa shape index (κ1) is 12.1. The number of carboxylic acid groups (broad SMARTS) is 1. The molecule has 0 aliphatic carbocycles. The minimum atomic E-state index is -1.09. The third kappa shape index (κ3) is 2.42. The summed E-state index contributed by atoms with van der Waals surface area (Å²) in [7, 11) is 0. The maximum atomic E-state index is 10.7. The Balaban J connectivity index is 1.87. The van der Waals surface area contributed by atoms with Crippen LogP contribution in [0.5, 0.6) is 0 Å². The summed E-state index contributed by atoms with van der Waals surface area (Å²) in [6, 6.07) is 14.0. The molecule has 2 N–H and O–H groups in total. The first-order valence-corrected chi connectivity index (χ1v) is 6.03. The number of hydrogen-bond donors (Lipinski definition) is 2. The Labute approximate surface area is 114 Å². The number of carboxylic acids is 1. The number of carbonyl (C=O) groups is 1. The predicted molar refractivity (Wildman–Crippen MR) is 76.2 cm³/mol. The molecule has 0 aliphatic rings. The molecule has 0 fully saturated rings. The third-order valence-electron chi connectivity index (χ3n) is 2.89. The van der Waals surface area contributed by atoms with Crippen molar-refractivity contribution < 1.29 is 9.90 Å². The highest BCUT2D eigenvalue weighted by molar-refractivity contribution is 5.86. The molecule has 0 amide bonds. The standard InChI is InChI=1S/C15H11N3O2/c19-15(20)13-8-17-14(9-16-13)18-12-6-5-10-3-1-2-4-11(10)7-12/h1-9H,(H,17,18)(H,19,20). The van der Waals surface area contributed by atoms with E-state index < -0.39 is 5.97 Å². The topological polar surface area (TPSA) is 75.1 Å². The van der Waals surface area contributed by atoms with Crippen molar-refractivity contribution in [3.8, 4) is 0 Å². The number of benzene rings is 2. The zero-order chi connectivity index (χ0) is 13.9. The van der Waals surface area contributed by atoms with E-state index in [1.807, 2.05) is 42.5 Å². The average molecular weight is 265 g/mol. The summed E-state index contributed by atoms with van der Waals surface area (Å²) >= 11 is 0. The van der Waals surface area contributed by atoms with E-state index in [1.165, 1.54) is 12.4 Å². The molecular weight excluding hydrogens is 254 g/mol. The van der Waals surface area contributed by atoms with Gasteiger partial charge in [0.2, 0.25) is 0 Å². The van der Waals surface area contributed by atoms with Crippen molar-refractivity contribution >= 4 is 28.2 Å². The van der Waals surface area contributed by atoms with Gasteiger partial charge in [-0.3, -0.25) is 0 Å². The van der Waals surface area contributed by atoms with Crippen LogP contribution in [0.2, 0.25) is 0 Å². The van der Waals surface area contributed by atoms with Crippen molar-refractivity contribution in [1.82, 2.24) is 9.97 Å². The normalized spacial score (nSPS) is 10.4. The Morgan fingerprint density at radius 3 is 2.50 bits per heavy atom. The van der Waals surface area contributed by atoms with E-state index in [0.717, 1.165) is 16.5 Å². The molecule has 5 nitrogen and oxygen atoms in total. The second-order valence-corrected chi connectivity index (χ2v) is 4.28. The number of hydrogen-bond acceptors (Lipinski definition) is 4. The van der Waals surface area contributed by atoms with Crippen LogP contribution in [0.25, 0.3) is 10.8 Å². The van der Waals surface area contributed by atoms with Crippen molar-refractivity contribution in [3.05, 3.63) is 60.6 Å². The maximum Gasteiger partial charge on any atom is 0.356 e. The number of aromatic nitrogens is 2. The van der Waals surface area contributed by atoms with Crippen LogP contribution in [-0.4, -0.2) is 21.0 Å². The van der Waals surface area contributed by atoms with Gasteiger partial charge in [-0.1, -0.05) is 30.3 Å². The fraction of sp³-hybridized carbons (Fsp3) is 0. The number of rotatable bonds is 3. The smallest absolute Gasteiger partial charge is 0.356 e. The molecule has 0 radical (unpaired) electrons. The van der Waals surface area contributed by atoms with E-state index in [0.29, 0.717) is 5.82 Å². The number of fused-ring (bicyclic) bond motifs is 1. The fourth-order valence-electron chi connectivity index (χ4n) is 1.92. The van der Waals surface area contributed by atoms with E-state index >= 15 is 0 Å². The van der Waals surface area contributed by atoms with Crippen molar-refractivity contribution in [2.75, 3.05) is 5.32 Å². The van der Waals surface area contributed by atoms with Crippen LogP contribution < -0.4 is 5.32 Å². The zero-order valence-electron chi connectivity index (χ0n) is 10.4. The summed E-state index contributed by atoms with van der Waals surface area (Å²) in [4.78, 5) is 18.5. The molecule has 0 unspecified atom stereocenters. The van der Waals surface area contributed by atoms with E-state index in [-0.39, 0.29) is 5.69 Å². The largest absolute Gasteiger partial charge is 0.476 e. The van der Waals surface area contributed by atoms with E-state index in [9.17, 15) is 4.79 Å². The van der Waals surface area contributed by atoms with Gasteiger partial charge in [-0.2, -0.15) is 0 Å². The van der Waals surface area contributed by atoms with Crippen LogP contribution in [0.3, 0.4) is 0 Å². The highest BCUT2D eigenvalue weighted by Crippen LogP contribution is 2.21. The summed E-state index contributed by atoms with van der Waals surface area (Å²) < 4.78 is 0. The molecule has 20 heavy (non-hydrogen) atoms. The fourth-order valence-corrected chi connectivity index (χ4v) is 1.92. The number of nitrogens with zero attached hydrogens (tertiary/aromatic N) is 2. The summed E-state index contributed by atoms with van der Waals surface area (Å²) in [5.41, 5.74) is 0.801. The van der Waals surface area contributed by atoms with Crippen molar-refractivity contribution in [1.29, 1.82) is 0 Å². The number of nitrogens with one attached hydrogen (secondary N) is 1. The van der Waals surface area contributed by atoms with Gasteiger partial charge in [0, 0.05) is 5.69 Å². The highest BCUT2D eigenvalue weighted by atomic mass is 16.4. The molecule has 0 saturated carbocycles. The Morgan fingerprint density at radius 1 is 1.00 bits per heavy atom. The van der Waals surface area contributed by atoms with Crippen LogP contribution in [0.4, 0.5) is 11.5 Å². The molecule has 3 rings (SSSR count). The lowest BCUT2D eigenvalue weighted by atomic mass is 10.1. The Kier molecular flexibility index (Phi) is 3.01. The van der Waals surface area contributed by atoms with Crippen LogP contribution in [0, 0.1) is 0 Å². The Morgan fingerprint density at radius 2 is 1.80 bits per heavy atom. The lowest BCUT2D eigenvalue weighted by Crippen LogP contribution is -2.02. The number of aromatic carboxylic acids is 1. The molecule has 1 aromatic heterocycles. The molecule has 0 atom stereocenters. The molecule has 3 aromatic rings. The molecule has 1 heterocycles. The average Bonchev–Trinajstić information content (AvgIpc) is 2.48. The summed E-state index contributed by atoms with van der Waals surface area (Å²) in [5, 5.41) is 14.1. The highest BCUT2D eigenvalue weighted by Gasteiger charge is 2.05. The molecule has 0 aliphatic heterocycles. The lowest BCUT2D eigenvalue weighted by Gasteiger charge is -2.06. The maximum absolute atomic E-state index is 10.7. The van der Waals surface area contributed by atoms with Gasteiger partial charge in [0.15, 0.2) is 5.69 Å². The van der Waals surface area contributed by atoms with Gasteiger partial charge in [-0.05, 0) is 22.9 Å². The quantitative estimate of drug-likeness (QED) is 0.761. The van der Waals surface area contributed by atoms with Crippen molar-refractivity contribution in [2.24, 2.45) is 0 Å². The van der Waals surface area contributed by atoms with Crippen LogP contribution in [0.15, 0.2) is 54.9 Å². The lowest BCUT2D eigenvalue weighted by molar-refractivity contribution is 0.0690. The minimum Gasteiger partial charge on any atom is -0.476 e. The van der Waals surface area contributed by atoms with E-state index in [1.54, 1.807) is 0 Å². The number of anilines is 2. The SMILES string of the molecule is O=C(O)c1cnc(Nc2ccc3ccccc3c2)cn1. The summed E-state index contributed by atoms with van der Waals surface area (Å²) in [6.45, 7) is 0. The molecule has 0 spiro atoms. The molecular formula is C15H11N3O2. The van der Waals surface area contributed by atoms with Crippen molar-refractivity contribution in [3.63, 3.8) is 0 Å². The second kappa shape index (κ2) is 4.97. The predicted octanol–water partition coefficient (Wildman–Crippen LogP) is 3.07. The van der Waals surface area contributed by atoms with Crippen molar-refractivity contribution in [2.45, 2.75) is 0 Å². The molecule has 98 valence electrons. The zero-order valence-corrected chi connectivity index (χ0v) is 10.4. The summed E-state index contributed by atoms with van der Waals surface area (Å²) in [6.07, 6.45) is 2.63.